The van der Waals surface area contributed by atoms with Crippen molar-refractivity contribution < 1.29 is 4.79 Å². The van der Waals surface area contributed by atoms with E-state index in [4.69, 9.17) is 0 Å². The van der Waals surface area contributed by atoms with E-state index in [1.54, 1.807) is 0 Å². The lowest BCUT2D eigenvalue weighted by Gasteiger charge is -2.39. The van der Waals surface area contributed by atoms with Crippen molar-refractivity contribution in [3.05, 3.63) is 22.4 Å². The van der Waals surface area contributed by atoms with Gasteiger partial charge in [0.25, 0.3) is 0 Å². The number of carbonyl (C=O) groups excluding carboxylic acids is 1. The molecular formula is C20H34IN5OS. The molecule has 6 nitrogen and oxygen atoms in total. The van der Waals surface area contributed by atoms with Crippen LogP contribution in [0.1, 0.15) is 43.5 Å². The Kier molecular flexibility index (Phi) is 9.49. The SMILES string of the molecule is CCC(=O)N1CCC(NC(=NC)NCC2CCCN(C)C2c2cccs2)C1.I. The summed E-state index contributed by atoms with van der Waals surface area (Å²) in [5.41, 5.74) is 0. The minimum atomic E-state index is 0. The number of aliphatic imine (C=N–C) groups is 1. The second kappa shape index (κ2) is 11.3. The van der Waals surface area contributed by atoms with E-state index >= 15 is 0 Å². The summed E-state index contributed by atoms with van der Waals surface area (Å²) in [7, 11) is 4.06. The van der Waals surface area contributed by atoms with Crippen molar-refractivity contribution in [3.63, 3.8) is 0 Å². The zero-order chi connectivity index (χ0) is 19.2. The molecule has 3 rings (SSSR count). The number of thiophene rings is 1. The lowest BCUT2D eigenvalue weighted by Crippen LogP contribution is -2.48. The average Bonchev–Trinajstić information content (AvgIpc) is 3.36. The molecule has 158 valence electrons. The fourth-order valence-corrected chi connectivity index (χ4v) is 5.31. The number of piperidine rings is 1. The largest absolute Gasteiger partial charge is 0.356 e. The smallest absolute Gasteiger partial charge is 0.222 e. The number of likely N-dealkylation sites (tertiary alicyclic amines) is 2. The van der Waals surface area contributed by atoms with Crippen LogP contribution in [0.5, 0.6) is 0 Å². The summed E-state index contributed by atoms with van der Waals surface area (Å²) in [5, 5.41) is 9.23. The number of nitrogens with zero attached hydrogens (tertiary/aromatic N) is 3. The van der Waals surface area contributed by atoms with E-state index in [1.807, 2.05) is 30.2 Å². The number of halogens is 1. The summed E-state index contributed by atoms with van der Waals surface area (Å²) in [6.07, 6.45) is 4.04. The molecule has 1 aromatic heterocycles. The molecule has 2 saturated heterocycles. The first kappa shape index (κ1) is 23.4. The van der Waals surface area contributed by atoms with Crippen LogP contribution in [0.2, 0.25) is 0 Å². The molecule has 2 N–H and O–H groups in total. The van der Waals surface area contributed by atoms with E-state index in [-0.39, 0.29) is 35.9 Å². The van der Waals surface area contributed by atoms with Gasteiger partial charge < -0.3 is 15.5 Å². The zero-order valence-electron chi connectivity index (χ0n) is 17.2. The predicted octanol–water partition coefficient (Wildman–Crippen LogP) is 2.92. The van der Waals surface area contributed by atoms with Crippen LogP contribution >= 0.6 is 35.3 Å². The van der Waals surface area contributed by atoms with Gasteiger partial charge in [-0.05, 0) is 50.2 Å². The van der Waals surface area contributed by atoms with Crippen LogP contribution in [-0.4, -0.2) is 68.0 Å². The van der Waals surface area contributed by atoms with Gasteiger partial charge in [-0.1, -0.05) is 13.0 Å². The van der Waals surface area contributed by atoms with Crippen molar-refractivity contribution in [3.8, 4) is 0 Å². The zero-order valence-corrected chi connectivity index (χ0v) is 20.3. The molecule has 0 bridgehead atoms. The summed E-state index contributed by atoms with van der Waals surface area (Å²) in [5.74, 6) is 1.66. The van der Waals surface area contributed by atoms with Crippen LogP contribution in [0.25, 0.3) is 0 Å². The van der Waals surface area contributed by atoms with Gasteiger partial charge in [0.05, 0.1) is 0 Å². The molecule has 3 heterocycles. The molecule has 3 atom stereocenters. The van der Waals surface area contributed by atoms with Crippen molar-refractivity contribution in [1.29, 1.82) is 0 Å². The summed E-state index contributed by atoms with van der Waals surface area (Å²) in [6, 6.07) is 5.17. The number of hydrogen-bond donors (Lipinski definition) is 2. The third-order valence-electron chi connectivity index (χ3n) is 5.78. The van der Waals surface area contributed by atoms with Crippen LogP contribution in [0.3, 0.4) is 0 Å². The van der Waals surface area contributed by atoms with Crippen LogP contribution in [0.4, 0.5) is 0 Å². The molecule has 3 unspecified atom stereocenters. The van der Waals surface area contributed by atoms with Gasteiger partial charge in [-0.3, -0.25) is 14.7 Å². The Bertz CT molecular complexity index is 639. The lowest BCUT2D eigenvalue weighted by atomic mass is 9.88. The second-order valence-electron chi connectivity index (χ2n) is 7.62. The van der Waals surface area contributed by atoms with E-state index < -0.39 is 0 Å². The fourth-order valence-electron chi connectivity index (χ4n) is 4.33. The van der Waals surface area contributed by atoms with E-state index in [0.717, 1.165) is 38.6 Å². The topological polar surface area (TPSA) is 60.0 Å². The third kappa shape index (κ3) is 5.82. The van der Waals surface area contributed by atoms with Gasteiger partial charge in [-0.25, -0.2) is 0 Å². The van der Waals surface area contributed by atoms with Crippen molar-refractivity contribution in [2.45, 2.75) is 44.7 Å². The van der Waals surface area contributed by atoms with Crippen LogP contribution in [0.15, 0.2) is 22.5 Å². The van der Waals surface area contributed by atoms with Gasteiger partial charge in [0.15, 0.2) is 5.96 Å². The molecule has 8 heteroatoms. The molecule has 0 aliphatic carbocycles. The molecule has 0 saturated carbocycles. The minimum Gasteiger partial charge on any atom is -0.356 e. The van der Waals surface area contributed by atoms with Crippen LogP contribution in [-0.2, 0) is 4.79 Å². The lowest BCUT2D eigenvalue weighted by molar-refractivity contribution is -0.129. The molecule has 2 aliphatic rings. The van der Waals surface area contributed by atoms with Crippen molar-refractivity contribution in [2.75, 3.05) is 40.3 Å². The van der Waals surface area contributed by atoms with E-state index in [0.29, 0.717) is 18.4 Å². The van der Waals surface area contributed by atoms with E-state index in [2.05, 4.69) is 45.1 Å². The summed E-state index contributed by atoms with van der Waals surface area (Å²) in [6.45, 7) is 5.62. The highest BCUT2D eigenvalue weighted by Gasteiger charge is 2.31. The first-order valence-electron chi connectivity index (χ1n) is 10.1. The number of rotatable bonds is 5. The molecular weight excluding hydrogens is 485 g/mol. The van der Waals surface area contributed by atoms with Gasteiger partial charge >= 0.3 is 0 Å². The highest BCUT2D eigenvalue weighted by Crippen LogP contribution is 2.36. The molecule has 1 amide bonds. The molecule has 28 heavy (non-hydrogen) atoms. The number of carbonyl (C=O) groups is 1. The van der Waals surface area contributed by atoms with Gasteiger partial charge in [0.1, 0.15) is 0 Å². The molecule has 2 fully saturated rings. The van der Waals surface area contributed by atoms with Crippen LogP contribution in [0, 0.1) is 5.92 Å². The van der Waals surface area contributed by atoms with Gasteiger partial charge in [-0.15, -0.1) is 35.3 Å². The molecule has 0 spiro atoms. The Morgan fingerprint density at radius 1 is 1.36 bits per heavy atom. The van der Waals surface area contributed by atoms with Crippen molar-refractivity contribution >= 4 is 47.2 Å². The maximum Gasteiger partial charge on any atom is 0.222 e. The monoisotopic (exact) mass is 519 g/mol. The first-order valence-corrected chi connectivity index (χ1v) is 11.0. The highest BCUT2D eigenvalue weighted by molar-refractivity contribution is 14.0. The molecule has 2 aliphatic heterocycles. The summed E-state index contributed by atoms with van der Waals surface area (Å²) < 4.78 is 0. The normalized spacial score (nSPS) is 26.0. The summed E-state index contributed by atoms with van der Waals surface area (Å²) in [4.78, 5) is 22.2. The predicted molar refractivity (Wildman–Crippen MR) is 128 cm³/mol. The maximum atomic E-state index is 11.9. The van der Waals surface area contributed by atoms with Crippen LogP contribution < -0.4 is 10.6 Å². The minimum absolute atomic E-state index is 0. The summed E-state index contributed by atoms with van der Waals surface area (Å²) >= 11 is 1.86. The number of guanidine groups is 1. The van der Waals surface area contributed by atoms with E-state index in [9.17, 15) is 4.79 Å². The number of nitrogens with one attached hydrogen (secondary N) is 2. The Morgan fingerprint density at radius 3 is 2.86 bits per heavy atom. The molecule has 1 aromatic rings. The van der Waals surface area contributed by atoms with Crippen molar-refractivity contribution in [2.24, 2.45) is 10.9 Å². The van der Waals surface area contributed by atoms with Gasteiger partial charge in [0, 0.05) is 50.1 Å². The quantitative estimate of drug-likeness (QED) is 0.357. The number of amides is 1. The molecule has 0 aromatic carbocycles. The Hall–Kier alpha value is -0.870. The highest BCUT2D eigenvalue weighted by atomic mass is 127. The average molecular weight is 519 g/mol. The molecule has 0 radical (unpaired) electrons. The van der Waals surface area contributed by atoms with E-state index in [1.165, 1.54) is 17.7 Å². The first-order chi connectivity index (χ1) is 13.1. The van der Waals surface area contributed by atoms with Gasteiger partial charge in [-0.2, -0.15) is 0 Å². The Balaban J connectivity index is 0.00000280. The Labute approximate surface area is 190 Å². The maximum absolute atomic E-state index is 11.9. The third-order valence-corrected chi connectivity index (χ3v) is 6.72. The fraction of sp³-hybridized carbons (Fsp3) is 0.700. The number of hydrogen-bond acceptors (Lipinski definition) is 4. The Morgan fingerprint density at radius 2 is 2.18 bits per heavy atom. The standard InChI is InChI=1S/C20H33N5OS.HI/c1-4-18(26)25-11-9-16(14-25)23-20(21-2)22-13-15-7-5-10-24(3)19(15)17-8-6-12-27-17;/h6,8,12,15-16,19H,4-5,7,9-11,13-14H2,1-3H3,(H2,21,22,23);1H. The van der Waals surface area contributed by atoms with Crippen molar-refractivity contribution in [1.82, 2.24) is 20.4 Å². The van der Waals surface area contributed by atoms with Gasteiger partial charge in [0.2, 0.25) is 5.91 Å². The second-order valence-corrected chi connectivity index (χ2v) is 8.60.